The van der Waals surface area contributed by atoms with Gasteiger partial charge in [-0.25, -0.2) is 0 Å². The summed E-state index contributed by atoms with van der Waals surface area (Å²) in [6.45, 7) is 6.17. The average molecular weight is 366 g/mol. The maximum absolute atomic E-state index is 12.9. The lowest BCUT2D eigenvalue weighted by atomic mass is 10.1. The molecule has 0 atom stereocenters. The zero-order chi connectivity index (χ0) is 17.9. The quantitative estimate of drug-likeness (QED) is 0.692. The number of benzene rings is 1. The van der Waals surface area contributed by atoms with Crippen LogP contribution in [0.15, 0.2) is 59.2 Å². The Labute approximate surface area is 157 Å². The molecule has 5 heteroatoms. The van der Waals surface area contributed by atoms with Gasteiger partial charge in [0.25, 0.3) is 5.91 Å². The minimum Gasteiger partial charge on any atom is -0.468 e. The summed E-state index contributed by atoms with van der Waals surface area (Å²) in [5.41, 5.74) is 2.35. The second-order valence-corrected chi connectivity index (χ2v) is 7.69. The average Bonchev–Trinajstić information content (AvgIpc) is 3.32. The predicted molar refractivity (Wildman–Crippen MR) is 104 cm³/mol. The molecular weight excluding hydrogens is 344 g/mol. The van der Waals surface area contributed by atoms with Gasteiger partial charge in [-0.05, 0) is 36.2 Å². The Morgan fingerprint density at radius 3 is 2.54 bits per heavy atom. The van der Waals surface area contributed by atoms with Crippen LogP contribution in [0, 0.1) is 6.92 Å². The Morgan fingerprint density at radius 2 is 1.85 bits per heavy atom. The minimum atomic E-state index is 0.151. The highest BCUT2D eigenvalue weighted by Gasteiger charge is 2.24. The van der Waals surface area contributed by atoms with Crippen molar-refractivity contribution >= 4 is 17.2 Å². The summed E-state index contributed by atoms with van der Waals surface area (Å²) in [6.07, 6.45) is 1.71. The first kappa shape index (κ1) is 17.1. The fourth-order valence-electron chi connectivity index (χ4n) is 3.35. The topological polar surface area (TPSA) is 36.7 Å². The molecule has 0 radical (unpaired) electrons. The van der Waals surface area contributed by atoms with E-state index in [2.05, 4.69) is 24.0 Å². The summed E-state index contributed by atoms with van der Waals surface area (Å²) >= 11 is 1.60. The minimum absolute atomic E-state index is 0.151. The second kappa shape index (κ2) is 7.48. The molecule has 2 aromatic heterocycles. The first-order valence-corrected chi connectivity index (χ1v) is 9.72. The smallest absolute Gasteiger partial charge is 0.264 e. The van der Waals surface area contributed by atoms with E-state index in [9.17, 15) is 4.79 Å². The van der Waals surface area contributed by atoms with Crippen molar-refractivity contribution in [2.75, 3.05) is 26.2 Å². The lowest BCUT2D eigenvalue weighted by Crippen LogP contribution is -2.48. The van der Waals surface area contributed by atoms with Crippen molar-refractivity contribution in [3.63, 3.8) is 0 Å². The van der Waals surface area contributed by atoms with Crippen LogP contribution in [0.5, 0.6) is 0 Å². The molecule has 3 aromatic rings. The SMILES string of the molecule is Cc1cc(C(=O)N2CCN(Cc3ccco3)CC2)sc1-c1ccccc1. The largest absolute Gasteiger partial charge is 0.468 e. The Hall–Kier alpha value is -2.37. The molecule has 1 aliphatic heterocycles. The van der Waals surface area contributed by atoms with Gasteiger partial charge in [0.05, 0.1) is 17.7 Å². The molecule has 1 amide bonds. The first-order chi connectivity index (χ1) is 12.7. The highest BCUT2D eigenvalue weighted by atomic mass is 32.1. The Morgan fingerprint density at radius 1 is 1.08 bits per heavy atom. The van der Waals surface area contributed by atoms with Crippen LogP contribution in [-0.4, -0.2) is 41.9 Å². The number of furan rings is 1. The summed E-state index contributed by atoms with van der Waals surface area (Å²) in [4.78, 5) is 19.2. The molecule has 1 saturated heterocycles. The van der Waals surface area contributed by atoms with E-state index in [0.717, 1.165) is 43.4 Å². The summed E-state index contributed by atoms with van der Waals surface area (Å²) < 4.78 is 5.42. The fourth-order valence-corrected chi connectivity index (χ4v) is 4.50. The van der Waals surface area contributed by atoms with Crippen molar-refractivity contribution in [3.8, 4) is 10.4 Å². The van der Waals surface area contributed by atoms with Crippen molar-refractivity contribution < 1.29 is 9.21 Å². The summed E-state index contributed by atoms with van der Waals surface area (Å²) in [5, 5.41) is 0. The van der Waals surface area contributed by atoms with Gasteiger partial charge in [-0.15, -0.1) is 11.3 Å². The zero-order valence-electron chi connectivity index (χ0n) is 14.9. The lowest BCUT2D eigenvalue weighted by molar-refractivity contribution is 0.0625. The van der Waals surface area contributed by atoms with E-state index in [1.54, 1.807) is 17.6 Å². The van der Waals surface area contributed by atoms with Crippen LogP contribution < -0.4 is 0 Å². The number of thiophene rings is 1. The van der Waals surface area contributed by atoms with E-state index in [4.69, 9.17) is 4.42 Å². The first-order valence-electron chi connectivity index (χ1n) is 8.90. The third kappa shape index (κ3) is 3.59. The number of hydrogen-bond acceptors (Lipinski definition) is 4. The molecule has 0 N–H and O–H groups in total. The van der Waals surface area contributed by atoms with E-state index in [1.807, 2.05) is 41.3 Å². The van der Waals surface area contributed by atoms with E-state index in [-0.39, 0.29) is 5.91 Å². The number of rotatable bonds is 4. The number of amides is 1. The fraction of sp³-hybridized carbons (Fsp3) is 0.286. The van der Waals surface area contributed by atoms with Crippen molar-refractivity contribution in [1.29, 1.82) is 0 Å². The molecule has 3 heterocycles. The van der Waals surface area contributed by atoms with Gasteiger partial charge in [-0.1, -0.05) is 30.3 Å². The second-order valence-electron chi connectivity index (χ2n) is 6.64. The third-order valence-electron chi connectivity index (χ3n) is 4.78. The molecule has 1 fully saturated rings. The zero-order valence-corrected chi connectivity index (χ0v) is 15.7. The summed E-state index contributed by atoms with van der Waals surface area (Å²) in [5.74, 6) is 1.13. The van der Waals surface area contributed by atoms with Crippen molar-refractivity contribution in [2.24, 2.45) is 0 Å². The maximum Gasteiger partial charge on any atom is 0.264 e. The van der Waals surface area contributed by atoms with E-state index >= 15 is 0 Å². The Bertz CT molecular complexity index is 863. The maximum atomic E-state index is 12.9. The van der Waals surface area contributed by atoms with Gasteiger partial charge in [0.2, 0.25) is 0 Å². The highest BCUT2D eigenvalue weighted by molar-refractivity contribution is 7.17. The molecule has 0 unspecified atom stereocenters. The van der Waals surface area contributed by atoms with Crippen molar-refractivity contribution in [1.82, 2.24) is 9.80 Å². The molecule has 4 nitrogen and oxygen atoms in total. The monoisotopic (exact) mass is 366 g/mol. The van der Waals surface area contributed by atoms with Gasteiger partial charge in [-0.2, -0.15) is 0 Å². The van der Waals surface area contributed by atoms with Crippen molar-refractivity contribution in [3.05, 3.63) is 71.0 Å². The van der Waals surface area contributed by atoms with Gasteiger partial charge < -0.3 is 9.32 Å². The summed E-state index contributed by atoms with van der Waals surface area (Å²) in [7, 11) is 0. The van der Waals surface area contributed by atoms with Crippen LogP contribution in [0.3, 0.4) is 0 Å². The number of aryl methyl sites for hydroxylation is 1. The third-order valence-corrected chi connectivity index (χ3v) is 6.06. The van der Waals surface area contributed by atoms with Crippen LogP contribution >= 0.6 is 11.3 Å². The number of hydrogen-bond donors (Lipinski definition) is 0. The van der Waals surface area contributed by atoms with E-state index in [1.165, 1.54) is 16.0 Å². The van der Waals surface area contributed by atoms with Crippen LogP contribution in [0.25, 0.3) is 10.4 Å². The molecule has 1 aromatic carbocycles. The van der Waals surface area contributed by atoms with Crippen molar-refractivity contribution in [2.45, 2.75) is 13.5 Å². The molecule has 0 saturated carbocycles. The van der Waals surface area contributed by atoms with Crippen LogP contribution in [0.4, 0.5) is 0 Å². The summed E-state index contributed by atoms with van der Waals surface area (Å²) in [6, 6.07) is 16.2. The molecule has 0 aliphatic carbocycles. The standard InChI is InChI=1S/C21H22N2O2S/c1-16-14-19(26-20(16)17-6-3-2-4-7-17)21(24)23-11-9-22(10-12-23)15-18-8-5-13-25-18/h2-8,13-14H,9-12,15H2,1H3. The van der Waals surface area contributed by atoms with Crippen LogP contribution in [-0.2, 0) is 6.54 Å². The normalized spacial score (nSPS) is 15.3. The van der Waals surface area contributed by atoms with Gasteiger partial charge in [0, 0.05) is 31.1 Å². The number of piperazine rings is 1. The predicted octanol–water partition coefficient (Wildman–Crippen LogP) is 4.27. The number of carbonyl (C=O) groups excluding carboxylic acids is 1. The molecule has 0 bridgehead atoms. The molecule has 4 rings (SSSR count). The van der Waals surface area contributed by atoms with Gasteiger partial charge >= 0.3 is 0 Å². The van der Waals surface area contributed by atoms with Gasteiger partial charge in [0.15, 0.2) is 0 Å². The molecule has 26 heavy (non-hydrogen) atoms. The highest BCUT2D eigenvalue weighted by Crippen LogP contribution is 2.33. The Balaban J connectivity index is 1.41. The van der Waals surface area contributed by atoms with Gasteiger partial charge in [0.1, 0.15) is 5.76 Å². The molecule has 1 aliphatic rings. The molecular formula is C21H22N2O2S. The molecule has 134 valence electrons. The van der Waals surface area contributed by atoms with Crippen LogP contribution in [0.2, 0.25) is 0 Å². The Kier molecular flexibility index (Phi) is 4.91. The number of nitrogens with zero attached hydrogens (tertiary/aromatic N) is 2. The number of carbonyl (C=O) groups is 1. The lowest BCUT2D eigenvalue weighted by Gasteiger charge is -2.34. The van der Waals surface area contributed by atoms with Gasteiger partial charge in [-0.3, -0.25) is 9.69 Å². The molecule has 0 spiro atoms. The van der Waals surface area contributed by atoms with Crippen LogP contribution in [0.1, 0.15) is 21.0 Å². The van der Waals surface area contributed by atoms with E-state index in [0.29, 0.717) is 0 Å². The van der Waals surface area contributed by atoms with E-state index < -0.39 is 0 Å².